The Morgan fingerprint density at radius 1 is 1.57 bits per heavy atom. The van der Waals surface area contributed by atoms with Gasteiger partial charge in [0.25, 0.3) is 0 Å². The molecule has 3 heteroatoms. The van der Waals surface area contributed by atoms with Crippen LogP contribution < -0.4 is 0 Å². The van der Waals surface area contributed by atoms with Gasteiger partial charge in [0.2, 0.25) is 0 Å². The molecule has 0 atom stereocenters. The molecule has 0 bridgehead atoms. The van der Waals surface area contributed by atoms with E-state index in [1.165, 1.54) is 11.3 Å². The highest BCUT2D eigenvalue weighted by Gasteiger charge is 2.10. The molecule has 0 saturated heterocycles. The third kappa shape index (κ3) is 3.60. The molecule has 78 valence electrons. The maximum absolute atomic E-state index is 11.7. The van der Waals surface area contributed by atoms with Crippen LogP contribution in [0.4, 0.5) is 0 Å². The van der Waals surface area contributed by atoms with Crippen LogP contribution in [0.5, 0.6) is 0 Å². The van der Waals surface area contributed by atoms with E-state index in [1.807, 2.05) is 24.6 Å². The van der Waals surface area contributed by atoms with Crippen molar-refractivity contribution in [1.29, 1.82) is 0 Å². The summed E-state index contributed by atoms with van der Waals surface area (Å²) in [5.41, 5.74) is 0. The van der Waals surface area contributed by atoms with Gasteiger partial charge in [-0.05, 0) is 24.4 Å². The van der Waals surface area contributed by atoms with Crippen molar-refractivity contribution in [1.82, 2.24) is 4.90 Å². The summed E-state index contributed by atoms with van der Waals surface area (Å²) in [6.45, 7) is 5.81. The zero-order chi connectivity index (χ0) is 10.6. The van der Waals surface area contributed by atoms with Gasteiger partial charge >= 0.3 is 0 Å². The zero-order valence-electron chi connectivity index (χ0n) is 8.99. The topological polar surface area (TPSA) is 20.3 Å². The summed E-state index contributed by atoms with van der Waals surface area (Å²) in [6.07, 6.45) is 0. The fraction of sp³-hybridized carbons (Fsp3) is 0.545. The number of hydrogen-bond donors (Lipinski definition) is 0. The molecule has 0 fully saturated rings. The maximum atomic E-state index is 11.7. The molecule has 0 aliphatic carbocycles. The molecule has 2 nitrogen and oxygen atoms in total. The summed E-state index contributed by atoms with van der Waals surface area (Å²) in [5.74, 6) is 0.833. The van der Waals surface area contributed by atoms with Gasteiger partial charge in [-0.2, -0.15) is 0 Å². The molecule has 0 aliphatic heterocycles. The summed E-state index contributed by atoms with van der Waals surface area (Å²) >= 11 is 1.52. The molecule has 0 radical (unpaired) electrons. The van der Waals surface area contributed by atoms with Crippen LogP contribution in [0.1, 0.15) is 23.5 Å². The number of Topliss-reactive ketones (excluding diaryl/α,β-unsaturated/α-hetero) is 1. The predicted octanol–water partition coefficient (Wildman–Crippen LogP) is 2.52. The highest BCUT2D eigenvalue weighted by Crippen LogP contribution is 2.10. The van der Waals surface area contributed by atoms with Crippen LogP contribution in [-0.2, 0) is 0 Å². The van der Waals surface area contributed by atoms with E-state index in [1.54, 1.807) is 0 Å². The van der Waals surface area contributed by atoms with Crippen molar-refractivity contribution in [2.75, 3.05) is 20.1 Å². The van der Waals surface area contributed by atoms with E-state index in [9.17, 15) is 4.79 Å². The van der Waals surface area contributed by atoms with Crippen LogP contribution in [0.2, 0.25) is 0 Å². The number of rotatable bonds is 5. The second kappa shape index (κ2) is 5.27. The summed E-state index contributed by atoms with van der Waals surface area (Å²) in [7, 11) is 1.99. The van der Waals surface area contributed by atoms with Gasteiger partial charge in [-0.15, -0.1) is 11.3 Å². The van der Waals surface area contributed by atoms with Gasteiger partial charge in [-0.3, -0.25) is 9.69 Å². The second-order valence-corrected chi connectivity index (χ2v) is 4.94. The first-order valence-corrected chi connectivity index (χ1v) is 5.73. The Labute approximate surface area is 89.5 Å². The van der Waals surface area contributed by atoms with E-state index in [2.05, 4.69) is 18.7 Å². The quantitative estimate of drug-likeness (QED) is 0.697. The van der Waals surface area contributed by atoms with Crippen molar-refractivity contribution in [3.63, 3.8) is 0 Å². The molecule has 0 aromatic carbocycles. The van der Waals surface area contributed by atoms with Crippen molar-refractivity contribution in [2.24, 2.45) is 5.92 Å². The van der Waals surface area contributed by atoms with E-state index in [4.69, 9.17) is 0 Å². The molecule has 1 aromatic heterocycles. The fourth-order valence-electron chi connectivity index (χ4n) is 1.45. The van der Waals surface area contributed by atoms with Crippen molar-refractivity contribution in [3.05, 3.63) is 22.4 Å². The monoisotopic (exact) mass is 211 g/mol. The van der Waals surface area contributed by atoms with Crippen LogP contribution in [-0.4, -0.2) is 30.8 Å². The number of thiophene rings is 1. The lowest BCUT2D eigenvalue weighted by Crippen LogP contribution is -2.29. The molecule has 1 heterocycles. The average Bonchev–Trinajstić information content (AvgIpc) is 2.53. The Kier molecular flexibility index (Phi) is 4.29. The Balaban J connectivity index is 2.41. The lowest BCUT2D eigenvalue weighted by molar-refractivity contribution is 0.0944. The Morgan fingerprint density at radius 3 is 2.79 bits per heavy atom. The van der Waals surface area contributed by atoms with Crippen molar-refractivity contribution in [3.8, 4) is 0 Å². The summed E-state index contributed by atoms with van der Waals surface area (Å²) < 4.78 is 0. The lowest BCUT2D eigenvalue weighted by Gasteiger charge is -2.17. The SMILES string of the molecule is CC(C)CN(C)CC(=O)c1cccs1. The molecule has 0 N–H and O–H groups in total. The van der Waals surface area contributed by atoms with Crippen LogP contribution >= 0.6 is 11.3 Å². The van der Waals surface area contributed by atoms with Gasteiger partial charge in [0, 0.05) is 6.54 Å². The number of hydrogen-bond acceptors (Lipinski definition) is 3. The van der Waals surface area contributed by atoms with Gasteiger partial charge in [0.15, 0.2) is 5.78 Å². The summed E-state index contributed by atoms with van der Waals surface area (Å²) in [4.78, 5) is 14.6. The summed E-state index contributed by atoms with van der Waals surface area (Å²) in [5, 5.41) is 1.94. The smallest absolute Gasteiger partial charge is 0.186 e. The first kappa shape index (κ1) is 11.4. The molecule has 0 amide bonds. The van der Waals surface area contributed by atoms with Crippen molar-refractivity contribution < 1.29 is 4.79 Å². The first-order chi connectivity index (χ1) is 6.59. The van der Waals surface area contributed by atoms with E-state index in [0.717, 1.165) is 11.4 Å². The van der Waals surface area contributed by atoms with E-state index >= 15 is 0 Å². The van der Waals surface area contributed by atoms with Crippen LogP contribution in [0, 0.1) is 5.92 Å². The molecule has 0 spiro atoms. The van der Waals surface area contributed by atoms with Crippen LogP contribution in [0.3, 0.4) is 0 Å². The minimum absolute atomic E-state index is 0.225. The Bertz CT molecular complexity index is 279. The van der Waals surface area contributed by atoms with Crippen molar-refractivity contribution >= 4 is 17.1 Å². The Hall–Kier alpha value is -0.670. The third-order valence-electron chi connectivity index (χ3n) is 1.89. The van der Waals surface area contributed by atoms with Gasteiger partial charge in [-0.25, -0.2) is 0 Å². The number of likely N-dealkylation sites (N-methyl/N-ethyl adjacent to an activating group) is 1. The molecular formula is C11H17NOS. The molecule has 0 saturated carbocycles. The average molecular weight is 211 g/mol. The molecule has 0 unspecified atom stereocenters. The normalized spacial score (nSPS) is 11.2. The molecular weight excluding hydrogens is 194 g/mol. The Morgan fingerprint density at radius 2 is 2.29 bits per heavy atom. The lowest BCUT2D eigenvalue weighted by atomic mass is 10.2. The van der Waals surface area contributed by atoms with Crippen LogP contribution in [0.25, 0.3) is 0 Å². The summed E-state index contributed by atoms with van der Waals surface area (Å²) in [6, 6.07) is 3.80. The van der Waals surface area contributed by atoms with Crippen LogP contribution in [0.15, 0.2) is 17.5 Å². The molecule has 1 rings (SSSR count). The fourth-order valence-corrected chi connectivity index (χ4v) is 2.11. The van der Waals surface area contributed by atoms with Gasteiger partial charge in [0.1, 0.15) is 0 Å². The van der Waals surface area contributed by atoms with Gasteiger partial charge in [0.05, 0.1) is 11.4 Å². The second-order valence-electron chi connectivity index (χ2n) is 3.99. The first-order valence-electron chi connectivity index (χ1n) is 4.85. The number of nitrogens with zero attached hydrogens (tertiary/aromatic N) is 1. The largest absolute Gasteiger partial charge is 0.299 e. The maximum Gasteiger partial charge on any atom is 0.186 e. The minimum atomic E-state index is 0.225. The molecule has 14 heavy (non-hydrogen) atoms. The number of ketones is 1. The van der Waals surface area contributed by atoms with E-state index in [0.29, 0.717) is 12.5 Å². The number of carbonyl (C=O) groups excluding carboxylic acids is 1. The van der Waals surface area contributed by atoms with Crippen molar-refractivity contribution in [2.45, 2.75) is 13.8 Å². The van der Waals surface area contributed by atoms with Gasteiger partial charge in [-0.1, -0.05) is 19.9 Å². The minimum Gasteiger partial charge on any atom is -0.299 e. The highest BCUT2D eigenvalue weighted by molar-refractivity contribution is 7.12. The standard InChI is InChI=1S/C11H17NOS/c1-9(2)7-12(3)8-10(13)11-5-4-6-14-11/h4-6,9H,7-8H2,1-3H3. The molecule has 0 aliphatic rings. The molecule has 1 aromatic rings. The van der Waals surface area contributed by atoms with E-state index < -0.39 is 0 Å². The van der Waals surface area contributed by atoms with Gasteiger partial charge < -0.3 is 0 Å². The predicted molar refractivity (Wildman–Crippen MR) is 61.0 cm³/mol. The third-order valence-corrected chi connectivity index (χ3v) is 2.80. The zero-order valence-corrected chi connectivity index (χ0v) is 9.80. The van der Waals surface area contributed by atoms with E-state index in [-0.39, 0.29) is 5.78 Å². The number of carbonyl (C=O) groups is 1. The highest BCUT2D eigenvalue weighted by atomic mass is 32.1.